The Bertz CT molecular complexity index is 1410. The molecule has 1 aliphatic carbocycles. The number of halogens is 2. The number of sulfonamides is 1. The maximum atomic E-state index is 13.6. The van der Waals surface area contributed by atoms with Gasteiger partial charge in [-0.15, -0.1) is 0 Å². The van der Waals surface area contributed by atoms with Crippen LogP contribution in [0.1, 0.15) is 54.6 Å². The Morgan fingerprint density at radius 2 is 1.68 bits per heavy atom. The van der Waals surface area contributed by atoms with E-state index < -0.39 is 34.2 Å². The monoisotopic (exact) mass is 576 g/mol. The molecule has 3 fully saturated rings. The van der Waals surface area contributed by atoms with Crippen molar-refractivity contribution < 1.29 is 27.1 Å². The van der Waals surface area contributed by atoms with Gasteiger partial charge in [-0.1, -0.05) is 11.1 Å². The van der Waals surface area contributed by atoms with Gasteiger partial charge in [0.1, 0.15) is 5.82 Å². The molecule has 40 heavy (non-hydrogen) atoms. The minimum atomic E-state index is -3.75. The average Bonchev–Trinajstić information content (AvgIpc) is 3.74. The summed E-state index contributed by atoms with van der Waals surface area (Å²) < 4.78 is 54.3. The summed E-state index contributed by atoms with van der Waals surface area (Å²) >= 11 is 0. The molecule has 216 valence electrons. The van der Waals surface area contributed by atoms with Crippen LogP contribution in [-0.4, -0.2) is 73.9 Å². The Labute approximate surface area is 232 Å². The fourth-order valence-corrected chi connectivity index (χ4v) is 5.99. The van der Waals surface area contributed by atoms with Crippen LogP contribution in [0, 0.1) is 6.92 Å². The molecule has 1 amide bonds. The second-order valence-corrected chi connectivity index (χ2v) is 12.4. The summed E-state index contributed by atoms with van der Waals surface area (Å²) in [5.41, 5.74) is 4.82. The van der Waals surface area contributed by atoms with Gasteiger partial charge in [0.15, 0.2) is 0 Å². The number of carbonyl (C=O) groups is 1. The van der Waals surface area contributed by atoms with Crippen LogP contribution in [-0.2, 0) is 10.0 Å². The van der Waals surface area contributed by atoms with Gasteiger partial charge in [0.05, 0.1) is 29.3 Å². The molecule has 3 N–H and O–H groups in total. The molecule has 1 aromatic heterocycles. The number of aromatic nitrogens is 2. The number of anilines is 4. The van der Waals surface area contributed by atoms with Crippen molar-refractivity contribution in [3.63, 3.8) is 0 Å². The number of benzene rings is 1. The first kappa shape index (κ1) is 28.2. The lowest BCUT2D eigenvalue weighted by Gasteiger charge is -2.32. The van der Waals surface area contributed by atoms with Crippen LogP contribution in [0.4, 0.5) is 31.9 Å². The van der Waals surface area contributed by atoms with E-state index in [0.717, 1.165) is 25.7 Å². The molecule has 2 saturated heterocycles. The summed E-state index contributed by atoms with van der Waals surface area (Å²) in [6.07, 6.45) is 3.53. The highest BCUT2D eigenvalue weighted by atomic mass is 32.2. The van der Waals surface area contributed by atoms with E-state index >= 15 is 0 Å². The molecule has 0 atom stereocenters. The highest BCUT2D eigenvalue weighted by Gasteiger charge is 2.35. The van der Waals surface area contributed by atoms with Gasteiger partial charge >= 0.3 is 0 Å². The van der Waals surface area contributed by atoms with Gasteiger partial charge in [0, 0.05) is 50.8 Å². The molecule has 2 aliphatic heterocycles. The van der Waals surface area contributed by atoms with Crippen LogP contribution in [0.3, 0.4) is 0 Å². The number of piperidine rings is 2. The molecule has 13 heteroatoms. The number of nitrogens with zero attached hydrogens (tertiary/aromatic N) is 4. The molecule has 0 bridgehead atoms. The molecule has 0 radical (unpaired) electrons. The standard InChI is InChI=1S/C27H34F2N6O4S/c1-18-16-24(32-26(30-18)35-12-8-27(28,29)9-13-35)31-25(37)22-5-4-21(33-40(38,39)15-14-36)17-23(22)34-10-6-20(7-11-34)19-2-3-19/h4-5,16-17,33,36H,2-3,6-15H2,1H3,(H,30,31,32,37). The van der Waals surface area contributed by atoms with Crippen molar-refractivity contribution in [3.05, 3.63) is 46.7 Å². The highest BCUT2D eigenvalue weighted by Crippen LogP contribution is 2.38. The number of aliphatic hydroxyl groups is 1. The lowest BCUT2D eigenvalue weighted by Crippen LogP contribution is -2.40. The number of carbonyl (C=O) groups excluding carboxylic acids is 1. The summed E-state index contributed by atoms with van der Waals surface area (Å²) in [5.74, 6) is -3.02. The molecule has 1 aromatic carbocycles. The van der Waals surface area contributed by atoms with Crippen molar-refractivity contribution in [2.24, 2.45) is 0 Å². The molecule has 1 saturated carbocycles. The minimum Gasteiger partial charge on any atom is -0.395 e. The maximum Gasteiger partial charge on any atom is 0.258 e. The first-order valence-corrected chi connectivity index (χ1v) is 15.2. The van der Waals surface area contributed by atoms with Crippen LogP contribution < -0.4 is 19.8 Å². The molecule has 5 rings (SSSR count). The third-order valence-corrected chi connectivity index (χ3v) is 8.71. The van der Waals surface area contributed by atoms with E-state index in [9.17, 15) is 22.0 Å². The molecular weight excluding hydrogens is 542 g/mol. The second-order valence-electron chi connectivity index (χ2n) is 10.6. The number of rotatable bonds is 8. The normalized spacial score (nSPS) is 19.0. The Morgan fingerprint density at radius 3 is 2.33 bits per heavy atom. The summed E-state index contributed by atoms with van der Waals surface area (Å²) in [4.78, 5) is 26.1. The van der Waals surface area contributed by atoms with E-state index in [2.05, 4.69) is 24.9 Å². The number of amides is 1. The lowest BCUT2D eigenvalue weighted by molar-refractivity contribution is -0.0222. The quantitative estimate of drug-likeness (QED) is 0.406. The van der Waals surface area contributed by atoms with Crippen molar-refractivity contribution >= 4 is 39.1 Å². The fraction of sp³-hybridized carbons (Fsp3) is 0.519. The van der Waals surface area contributed by atoms with Crippen molar-refractivity contribution in [2.75, 3.05) is 58.4 Å². The zero-order valence-corrected chi connectivity index (χ0v) is 23.2. The summed E-state index contributed by atoms with van der Waals surface area (Å²) in [5, 5.41) is 11.9. The minimum absolute atomic E-state index is 0.120. The lowest BCUT2D eigenvalue weighted by atomic mass is 10.0. The molecule has 3 heterocycles. The van der Waals surface area contributed by atoms with Gasteiger partial charge in [-0.3, -0.25) is 9.52 Å². The number of nitrogens with one attached hydrogen (secondary N) is 2. The Kier molecular flexibility index (Phi) is 7.96. The van der Waals surface area contributed by atoms with Crippen molar-refractivity contribution in [1.82, 2.24) is 9.97 Å². The van der Waals surface area contributed by atoms with Crippen molar-refractivity contribution in [2.45, 2.75) is 51.4 Å². The van der Waals surface area contributed by atoms with E-state index in [1.165, 1.54) is 17.2 Å². The van der Waals surface area contributed by atoms with Gasteiger partial charge in [-0.05, 0) is 50.8 Å². The smallest absolute Gasteiger partial charge is 0.258 e. The summed E-state index contributed by atoms with van der Waals surface area (Å²) in [6.45, 7) is 2.87. The van der Waals surface area contributed by atoms with Crippen LogP contribution >= 0.6 is 0 Å². The highest BCUT2D eigenvalue weighted by molar-refractivity contribution is 7.92. The molecule has 10 nitrogen and oxygen atoms in total. The fourth-order valence-electron chi connectivity index (χ4n) is 5.16. The van der Waals surface area contributed by atoms with Crippen LogP contribution in [0.15, 0.2) is 35.4 Å². The topological polar surface area (TPSA) is 128 Å². The van der Waals surface area contributed by atoms with E-state index in [0.29, 0.717) is 35.7 Å². The average molecular weight is 577 g/mol. The van der Waals surface area contributed by atoms with Crippen molar-refractivity contribution in [1.29, 1.82) is 0 Å². The zero-order chi connectivity index (χ0) is 28.5. The number of allylic oxidation sites excluding steroid dienone is 1. The number of aliphatic hydroxyl groups excluding tert-OH is 1. The van der Waals surface area contributed by atoms with Crippen molar-refractivity contribution in [3.8, 4) is 0 Å². The molecule has 3 aliphatic rings. The van der Waals surface area contributed by atoms with E-state index in [1.54, 1.807) is 30.0 Å². The number of aryl methyl sites for hydroxylation is 1. The number of hydrogen-bond acceptors (Lipinski definition) is 8. The SMILES string of the molecule is Cc1cc(NC(=O)c2ccc(NS(=O)(=O)CCO)cc2N2CCC(=C3CC3)CC2)nc(N2CCC(F)(F)CC2)n1. The van der Waals surface area contributed by atoms with E-state index in [4.69, 9.17) is 5.11 Å². The van der Waals surface area contributed by atoms with Crippen LogP contribution in [0.2, 0.25) is 0 Å². The number of hydrogen-bond donors (Lipinski definition) is 3. The van der Waals surface area contributed by atoms with Crippen LogP contribution in [0.25, 0.3) is 0 Å². The van der Waals surface area contributed by atoms with E-state index in [1.807, 2.05) is 0 Å². The predicted octanol–water partition coefficient (Wildman–Crippen LogP) is 3.70. The Balaban J connectivity index is 1.39. The van der Waals surface area contributed by atoms with Crippen LogP contribution in [0.5, 0.6) is 0 Å². The molecule has 0 spiro atoms. The van der Waals surface area contributed by atoms with E-state index in [-0.39, 0.29) is 37.7 Å². The third-order valence-electron chi connectivity index (χ3n) is 7.45. The number of alkyl halides is 2. The summed E-state index contributed by atoms with van der Waals surface area (Å²) in [6, 6.07) is 6.34. The molecule has 2 aromatic rings. The van der Waals surface area contributed by atoms with Gasteiger partial charge in [-0.2, -0.15) is 4.98 Å². The molecule has 0 unspecified atom stereocenters. The van der Waals surface area contributed by atoms with Gasteiger partial charge in [0.25, 0.3) is 11.8 Å². The van der Waals surface area contributed by atoms with Gasteiger partial charge in [-0.25, -0.2) is 22.2 Å². The largest absolute Gasteiger partial charge is 0.395 e. The Morgan fingerprint density at radius 1 is 1.00 bits per heavy atom. The van der Waals surface area contributed by atoms with Gasteiger partial charge < -0.3 is 20.2 Å². The zero-order valence-electron chi connectivity index (χ0n) is 22.4. The molecular formula is C27H34F2N6O4S. The predicted molar refractivity (Wildman–Crippen MR) is 150 cm³/mol. The third kappa shape index (κ3) is 6.87. The maximum absolute atomic E-state index is 13.6. The first-order chi connectivity index (χ1) is 19.0. The summed E-state index contributed by atoms with van der Waals surface area (Å²) in [7, 11) is -3.75. The first-order valence-electron chi connectivity index (χ1n) is 13.5. The second kappa shape index (κ2) is 11.3. The Hall–Kier alpha value is -3.32. The van der Waals surface area contributed by atoms with Gasteiger partial charge in [0.2, 0.25) is 16.0 Å².